The Labute approximate surface area is 51.8 Å². The highest BCUT2D eigenvalue weighted by Gasteiger charge is 2.32. The molecule has 1 fully saturated rings. The molecule has 0 aliphatic carbocycles. The van der Waals surface area contributed by atoms with E-state index < -0.39 is 0 Å². The molecule has 0 aromatic carbocycles. The molecular formula is C5H11O2P. The molecule has 1 saturated heterocycles. The van der Waals surface area contributed by atoms with Gasteiger partial charge in [0.05, 0.1) is 19.8 Å². The van der Waals surface area contributed by atoms with Crippen LogP contribution in [-0.2, 0) is 9.26 Å². The summed E-state index contributed by atoms with van der Waals surface area (Å²) < 4.78 is 9.89. The van der Waals surface area contributed by atoms with E-state index in [1.165, 1.54) is 0 Å². The van der Waals surface area contributed by atoms with Crippen LogP contribution in [0.25, 0.3) is 0 Å². The molecule has 3 heteroatoms. The van der Waals surface area contributed by atoms with Crippen molar-refractivity contribution < 1.29 is 9.26 Å². The van der Waals surface area contributed by atoms with Gasteiger partial charge < -0.3 is 9.26 Å². The minimum absolute atomic E-state index is 0.307. The first-order chi connectivity index (χ1) is 3.77. The maximum Gasteiger partial charge on any atom is 0.0599 e. The quantitative estimate of drug-likeness (QED) is 0.521. The van der Waals surface area contributed by atoms with Gasteiger partial charge in [0.1, 0.15) is 0 Å². The van der Waals surface area contributed by atoms with Crippen molar-refractivity contribution in [1.82, 2.24) is 0 Å². The Morgan fingerprint density at radius 3 is 2.50 bits per heavy atom. The first-order valence-electron chi connectivity index (χ1n) is 2.66. The fourth-order valence-corrected chi connectivity index (χ4v) is 1.14. The van der Waals surface area contributed by atoms with Crippen molar-refractivity contribution in [3.63, 3.8) is 0 Å². The van der Waals surface area contributed by atoms with Crippen molar-refractivity contribution in [2.24, 2.45) is 5.41 Å². The Hall–Kier alpha value is 0.350. The Morgan fingerprint density at radius 1 is 1.75 bits per heavy atom. The Bertz CT molecular complexity index is 80.5. The highest BCUT2D eigenvalue weighted by Crippen LogP contribution is 2.26. The molecule has 0 bridgehead atoms. The number of hydrogen-bond donors (Lipinski definition) is 0. The van der Waals surface area contributed by atoms with Crippen LogP contribution in [0.1, 0.15) is 6.92 Å². The van der Waals surface area contributed by atoms with Gasteiger partial charge in [0.25, 0.3) is 0 Å². The molecule has 48 valence electrons. The van der Waals surface area contributed by atoms with Gasteiger partial charge in [0, 0.05) is 14.9 Å². The Morgan fingerprint density at radius 2 is 2.38 bits per heavy atom. The summed E-state index contributed by atoms with van der Waals surface area (Å²) in [6.45, 7) is 4.64. The number of hydrogen-bond acceptors (Lipinski definition) is 2. The van der Waals surface area contributed by atoms with Crippen LogP contribution in [0, 0.1) is 5.41 Å². The van der Waals surface area contributed by atoms with E-state index in [9.17, 15) is 0 Å². The molecule has 1 rings (SSSR count). The second-order valence-corrected chi connectivity index (χ2v) is 2.95. The standard InChI is InChI=1S/C5H11O2P/c1-5(4-7-8)2-6-3-5/h2-4,8H2,1H3. The fourth-order valence-electron chi connectivity index (χ4n) is 0.735. The van der Waals surface area contributed by atoms with Gasteiger partial charge >= 0.3 is 0 Å². The van der Waals surface area contributed by atoms with E-state index in [0.29, 0.717) is 5.41 Å². The maximum absolute atomic E-state index is 5.00. The summed E-state index contributed by atoms with van der Waals surface area (Å²) in [6.07, 6.45) is 0. The molecule has 1 unspecified atom stereocenters. The van der Waals surface area contributed by atoms with Gasteiger partial charge in [0.2, 0.25) is 0 Å². The van der Waals surface area contributed by atoms with Crippen molar-refractivity contribution >= 4 is 9.47 Å². The first-order valence-corrected chi connectivity index (χ1v) is 3.13. The third kappa shape index (κ3) is 1.19. The Balaban J connectivity index is 2.20. The zero-order chi connectivity index (χ0) is 6.04. The molecule has 1 heterocycles. The average molecular weight is 134 g/mol. The molecular weight excluding hydrogens is 123 g/mol. The second-order valence-electron chi connectivity index (χ2n) is 2.61. The number of ether oxygens (including phenoxy) is 1. The Kier molecular flexibility index (Phi) is 1.86. The van der Waals surface area contributed by atoms with Gasteiger partial charge in [-0.1, -0.05) is 6.92 Å². The van der Waals surface area contributed by atoms with Crippen LogP contribution in [0.5, 0.6) is 0 Å². The van der Waals surface area contributed by atoms with Crippen molar-refractivity contribution in [3.05, 3.63) is 0 Å². The van der Waals surface area contributed by atoms with Gasteiger partial charge in [-0.3, -0.25) is 0 Å². The van der Waals surface area contributed by atoms with Crippen molar-refractivity contribution in [2.45, 2.75) is 6.92 Å². The van der Waals surface area contributed by atoms with E-state index >= 15 is 0 Å². The number of rotatable bonds is 2. The van der Waals surface area contributed by atoms with E-state index in [2.05, 4.69) is 16.4 Å². The molecule has 0 aromatic rings. The molecule has 0 N–H and O–H groups in total. The summed E-state index contributed by atoms with van der Waals surface area (Å²) in [5.41, 5.74) is 0.307. The highest BCUT2D eigenvalue weighted by atomic mass is 31.0. The van der Waals surface area contributed by atoms with Gasteiger partial charge in [-0.05, 0) is 0 Å². The minimum atomic E-state index is 0.307. The summed E-state index contributed by atoms with van der Waals surface area (Å²) in [4.78, 5) is 0. The third-order valence-corrected chi connectivity index (χ3v) is 1.50. The lowest BCUT2D eigenvalue weighted by molar-refractivity contribution is -0.118. The van der Waals surface area contributed by atoms with E-state index in [4.69, 9.17) is 9.26 Å². The molecule has 0 radical (unpaired) electrons. The topological polar surface area (TPSA) is 18.5 Å². The summed E-state index contributed by atoms with van der Waals surface area (Å²) in [6, 6.07) is 0. The second kappa shape index (κ2) is 2.30. The van der Waals surface area contributed by atoms with Crippen molar-refractivity contribution in [3.8, 4) is 0 Å². The van der Waals surface area contributed by atoms with Crippen molar-refractivity contribution in [1.29, 1.82) is 0 Å². The molecule has 0 amide bonds. The predicted molar refractivity (Wildman–Crippen MR) is 34.6 cm³/mol. The highest BCUT2D eigenvalue weighted by molar-refractivity contribution is 7.09. The average Bonchev–Trinajstić information content (AvgIpc) is 1.64. The molecule has 8 heavy (non-hydrogen) atoms. The van der Waals surface area contributed by atoms with Gasteiger partial charge in [-0.2, -0.15) is 0 Å². The maximum atomic E-state index is 5.00. The molecule has 1 aliphatic heterocycles. The first kappa shape index (κ1) is 6.47. The molecule has 0 saturated carbocycles. The molecule has 1 aliphatic rings. The van der Waals surface area contributed by atoms with Gasteiger partial charge in [-0.15, -0.1) is 0 Å². The predicted octanol–water partition coefficient (Wildman–Crippen LogP) is 0.830. The zero-order valence-electron chi connectivity index (χ0n) is 5.02. The van der Waals surface area contributed by atoms with E-state index in [0.717, 1.165) is 19.8 Å². The van der Waals surface area contributed by atoms with E-state index in [-0.39, 0.29) is 0 Å². The van der Waals surface area contributed by atoms with Crippen LogP contribution in [0.4, 0.5) is 0 Å². The summed E-state index contributed by atoms with van der Waals surface area (Å²) in [5.74, 6) is 0. The third-order valence-electron chi connectivity index (χ3n) is 1.33. The van der Waals surface area contributed by atoms with Crippen LogP contribution in [0.2, 0.25) is 0 Å². The normalized spacial score (nSPS) is 24.8. The summed E-state index contributed by atoms with van der Waals surface area (Å²) in [5, 5.41) is 0. The molecule has 1 atom stereocenters. The van der Waals surface area contributed by atoms with E-state index in [1.807, 2.05) is 0 Å². The lowest BCUT2D eigenvalue weighted by Crippen LogP contribution is -2.42. The minimum Gasteiger partial charge on any atom is -0.380 e. The van der Waals surface area contributed by atoms with Crippen LogP contribution in [0.3, 0.4) is 0 Å². The largest absolute Gasteiger partial charge is 0.380 e. The molecule has 0 spiro atoms. The lowest BCUT2D eigenvalue weighted by Gasteiger charge is -2.36. The molecule has 0 aromatic heterocycles. The SMILES string of the molecule is CC1(COP)COC1. The monoisotopic (exact) mass is 134 g/mol. The van der Waals surface area contributed by atoms with Crippen LogP contribution in [0.15, 0.2) is 0 Å². The zero-order valence-corrected chi connectivity index (χ0v) is 6.17. The van der Waals surface area contributed by atoms with Crippen LogP contribution >= 0.6 is 9.47 Å². The van der Waals surface area contributed by atoms with Gasteiger partial charge in [0.15, 0.2) is 0 Å². The summed E-state index contributed by atoms with van der Waals surface area (Å²) in [7, 11) is 2.25. The fraction of sp³-hybridized carbons (Fsp3) is 1.00. The van der Waals surface area contributed by atoms with Crippen LogP contribution < -0.4 is 0 Å². The van der Waals surface area contributed by atoms with Crippen molar-refractivity contribution in [2.75, 3.05) is 19.8 Å². The van der Waals surface area contributed by atoms with Crippen LogP contribution in [-0.4, -0.2) is 19.8 Å². The van der Waals surface area contributed by atoms with E-state index in [1.54, 1.807) is 0 Å². The smallest absolute Gasteiger partial charge is 0.0599 e. The molecule has 2 nitrogen and oxygen atoms in total. The van der Waals surface area contributed by atoms with Gasteiger partial charge in [-0.25, -0.2) is 0 Å². The summed E-state index contributed by atoms with van der Waals surface area (Å²) >= 11 is 0. The lowest BCUT2D eigenvalue weighted by atomic mass is 9.90.